The van der Waals surface area contributed by atoms with Crippen molar-refractivity contribution in [3.05, 3.63) is 102 Å². The third-order valence-electron chi connectivity index (χ3n) is 4.71. The second kappa shape index (κ2) is 9.61. The fourth-order valence-corrected chi connectivity index (χ4v) is 3.15. The van der Waals surface area contributed by atoms with E-state index in [4.69, 9.17) is 20.3 Å². The van der Waals surface area contributed by atoms with Crippen LogP contribution in [0.5, 0.6) is 5.75 Å². The van der Waals surface area contributed by atoms with Gasteiger partial charge in [0.1, 0.15) is 6.61 Å². The van der Waals surface area contributed by atoms with E-state index in [9.17, 15) is 4.39 Å². The van der Waals surface area contributed by atoms with Crippen molar-refractivity contribution in [2.45, 2.75) is 6.61 Å². The van der Waals surface area contributed by atoms with Crippen molar-refractivity contribution >= 4 is 34.9 Å². The monoisotopic (exact) mass is 426 g/mol. The number of rotatable bonds is 7. The number of hydrogen-bond donors (Lipinski definition) is 2. The van der Waals surface area contributed by atoms with E-state index in [1.165, 1.54) is 12.1 Å². The zero-order valence-electron chi connectivity index (χ0n) is 17.0. The molecular formula is C25H19FN4O2. The third-order valence-corrected chi connectivity index (χ3v) is 4.71. The zero-order chi connectivity index (χ0) is 22.3. The van der Waals surface area contributed by atoms with Crippen LogP contribution in [0.2, 0.25) is 0 Å². The molecule has 0 saturated heterocycles. The number of benzene rings is 2. The fourth-order valence-electron chi connectivity index (χ4n) is 3.15. The molecule has 158 valence electrons. The van der Waals surface area contributed by atoms with E-state index in [-0.39, 0.29) is 18.3 Å². The van der Waals surface area contributed by atoms with Gasteiger partial charge >= 0.3 is 0 Å². The Hall–Kier alpha value is -4.39. The highest BCUT2D eigenvalue weighted by atomic mass is 19.1. The minimum Gasteiger partial charge on any atom is -0.484 e. The molecule has 0 unspecified atom stereocenters. The fraction of sp³-hybridized carbons (Fsp3) is 0.0400. The van der Waals surface area contributed by atoms with Gasteiger partial charge in [0.25, 0.3) is 0 Å². The van der Waals surface area contributed by atoms with E-state index in [0.29, 0.717) is 23.2 Å². The van der Waals surface area contributed by atoms with Crippen LogP contribution in [0.25, 0.3) is 22.6 Å². The molecule has 2 aromatic heterocycles. The molecule has 2 N–H and O–H groups in total. The number of hydrogen-bond acceptors (Lipinski definition) is 6. The largest absolute Gasteiger partial charge is 0.484 e. The predicted octanol–water partition coefficient (Wildman–Crippen LogP) is 5.49. The van der Waals surface area contributed by atoms with Gasteiger partial charge in [-0.2, -0.15) is 0 Å². The van der Waals surface area contributed by atoms with Gasteiger partial charge in [-0.25, -0.2) is 9.37 Å². The standard InChI is InChI=1S/C25H19FN4O2/c26-22-14-19(21(25(28)32-16-27)13-17-9-11-29-12-10-17)6-8-24(22)31-15-20-7-5-18-3-1-2-4-23(18)30-20/h1-14,16,27-28H,15H2/b21-13+,27-16?,28-25?. The van der Waals surface area contributed by atoms with Crippen molar-refractivity contribution < 1.29 is 13.9 Å². The molecule has 32 heavy (non-hydrogen) atoms. The second-order valence-electron chi connectivity index (χ2n) is 6.83. The maximum Gasteiger partial charge on any atom is 0.221 e. The third kappa shape index (κ3) is 4.84. The molecule has 2 heterocycles. The van der Waals surface area contributed by atoms with E-state index in [1.54, 1.807) is 36.7 Å². The van der Waals surface area contributed by atoms with Crippen molar-refractivity contribution in [2.75, 3.05) is 0 Å². The summed E-state index contributed by atoms with van der Waals surface area (Å²) in [4.78, 5) is 8.49. The quantitative estimate of drug-likeness (QED) is 0.302. The van der Waals surface area contributed by atoms with Crippen LogP contribution in [0, 0.1) is 16.6 Å². The highest BCUT2D eigenvalue weighted by Crippen LogP contribution is 2.26. The molecule has 0 atom stereocenters. The van der Waals surface area contributed by atoms with Crippen molar-refractivity contribution in [1.29, 1.82) is 10.8 Å². The van der Waals surface area contributed by atoms with Crippen LogP contribution in [-0.4, -0.2) is 22.3 Å². The maximum absolute atomic E-state index is 14.8. The Bertz CT molecular complexity index is 1310. The van der Waals surface area contributed by atoms with Crippen molar-refractivity contribution in [3.63, 3.8) is 0 Å². The maximum atomic E-state index is 14.8. The van der Waals surface area contributed by atoms with Gasteiger partial charge in [0.2, 0.25) is 5.90 Å². The van der Waals surface area contributed by atoms with Crippen molar-refractivity contribution in [3.8, 4) is 5.75 Å². The first-order valence-corrected chi connectivity index (χ1v) is 9.77. The van der Waals surface area contributed by atoms with Gasteiger partial charge in [-0.05, 0) is 53.6 Å². The van der Waals surface area contributed by atoms with Crippen LogP contribution in [0.15, 0.2) is 79.1 Å². The van der Waals surface area contributed by atoms with Crippen LogP contribution < -0.4 is 4.74 Å². The van der Waals surface area contributed by atoms with Crippen LogP contribution in [0.1, 0.15) is 16.8 Å². The van der Waals surface area contributed by atoms with Crippen LogP contribution in [0.3, 0.4) is 0 Å². The Balaban J connectivity index is 1.56. The van der Waals surface area contributed by atoms with Crippen molar-refractivity contribution in [2.24, 2.45) is 0 Å². The number of nitrogens with zero attached hydrogens (tertiary/aromatic N) is 2. The molecule has 0 saturated carbocycles. The summed E-state index contributed by atoms with van der Waals surface area (Å²) >= 11 is 0. The van der Waals surface area contributed by atoms with Gasteiger partial charge in [-0.1, -0.05) is 30.3 Å². The number of halogens is 1. The lowest BCUT2D eigenvalue weighted by atomic mass is 10.0. The first-order chi connectivity index (χ1) is 15.6. The average Bonchev–Trinajstić information content (AvgIpc) is 2.82. The average molecular weight is 426 g/mol. The molecule has 0 bridgehead atoms. The lowest BCUT2D eigenvalue weighted by Gasteiger charge is -2.12. The first-order valence-electron chi connectivity index (χ1n) is 9.77. The number of pyridine rings is 2. The number of nitrogens with one attached hydrogen (secondary N) is 2. The van der Waals surface area contributed by atoms with Crippen LogP contribution in [0.4, 0.5) is 4.39 Å². The lowest BCUT2D eigenvalue weighted by Crippen LogP contribution is -2.06. The van der Waals surface area contributed by atoms with Gasteiger partial charge in [-0.15, -0.1) is 0 Å². The molecular weight excluding hydrogens is 407 g/mol. The molecule has 0 amide bonds. The molecule has 4 aromatic rings. The summed E-state index contributed by atoms with van der Waals surface area (Å²) < 4.78 is 25.4. The number of para-hydroxylation sites is 1. The highest BCUT2D eigenvalue weighted by molar-refractivity contribution is 6.24. The number of aromatic nitrogens is 2. The molecule has 0 aliphatic heterocycles. The Morgan fingerprint density at radius 2 is 1.81 bits per heavy atom. The molecule has 0 radical (unpaired) electrons. The predicted molar refractivity (Wildman–Crippen MR) is 122 cm³/mol. The Morgan fingerprint density at radius 1 is 1.00 bits per heavy atom. The number of fused-ring (bicyclic) bond motifs is 1. The van der Waals surface area contributed by atoms with Crippen molar-refractivity contribution in [1.82, 2.24) is 9.97 Å². The minimum absolute atomic E-state index is 0.0754. The summed E-state index contributed by atoms with van der Waals surface area (Å²) in [5, 5.41) is 16.2. The van der Waals surface area contributed by atoms with Crippen LogP contribution in [-0.2, 0) is 11.3 Å². The zero-order valence-corrected chi connectivity index (χ0v) is 17.0. The summed E-state index contributed by atoms with van der Waals surface area (Å²) in [6.45, 7) is 0.119. The summed E-state index contributed by atoms with van der Waals surface area (Å²) in [5.41, 5.74) is 3.03. The van der Waals surface area contributed by atoms with E-state index >= 15 is 0 Å². The SMILES string of the molecule is N=COC(=N)/C(=C/c1ccncc1)c1ccc(OCc2ccc3ccccc3n2)c(F)c1. The molecule has 4 rings (SSSR count). The topological polar surface area (TPSA) is 91.9 Å². The van der Waals surface area contributed by atoms with Gasteiger partial charge in [0.15, 0.2) is 18.0 Å². The van der Waals surface area contributed by atoms with E-state index in [1.807, 2.05) is 36.4 Å². The molecule has 2 aromatic carbocycles. The summed E-state index contributed by atoms with van der Waals surface area (Å²) in [5.74, 6) is -0.775. The molecule has 6 nitrogen and oxygen atoms in total. The molecule has 0 fully saturated rings. The second-order valence-corrected chi connectivity index (χ2v) is 6.83. The van der Waals surface area contributed by atoms with Gasteiger partial charge in [-0.3, -0.25) is 15.8 Å². The highest BCUT2D eigenvalue weighted by Gasteiger charge is 2.14. The Morgan fingerprint density at radius 3 is 2.59 bits per heavy atom. The first kappa shape index (κ1) is 20.9. The Kier molecular flexibility index (Phi) is 6.27. The number of ether oxygens (including phenoxy) is 2. The van der Waals surface area contributed by atoms with E-state index in [0.717, 1.165) is 16.5 Å². The van der Waals surface area contributed by atoms with Gasteiger partial charge < -0.3 is 9.47 Å². The molecule has 0 aliphatic carbocycles. The minimum atomic E-state index is -0.577. The smallest absolute Gasteiger partial charge is 0.221 e. The summed E-state index contributed by atoms with van der Waals surface area (Å²) in [7, 11) is 0. The normalized spacial score (nSPS) is 11.2. The summed E-state index contributed by atoms with van der Waals surface area (Å²) in [6, 6.07) is 19.5. The Labute approximate surface area is 184 Å². The molecule has 0 spiro atoms. The van der Waals surface area contributed by atoms with Crippen LogP contribution >= 0.6 is 0 Å². The van der Waals surface area contributed by atoms with Gasteiger partial charge in [0, 0.05) is 23.4 Å². The van der Waals surface area contributed by atoms with Gasteiger partial charge in [0.05, 0.1) is 11.2 Å². The molecule has 0 aliphatic rings. The lowest BCUT2D eigenvalue weighted by molar-refractivity contribution is 0.286. The van der Waals surface area contributed by atoms with E-state index < -0.39 is 5.82 Å². The molecule has 7 heteroatoms. The summed E-state index contributed by atoms with van der Waals surface area (Å²) in [6.07, 6.45) is 5.56. The van der Waals surface area contributed by atoms with E-state index in [2.05, 4.69) is 9.97 Å².